The first-order chi connectivity index (χ1) is 7.02. The van der Waals surface area contributed by atoms with E-state index in [2.05, 4.69) is 21.2 Å². The molecule has 0 saturated heterocycles. The Morgan fingerprint density at radius 1 is 1.60 bits per heavy atom. The van der Waals surface area contributed by atoms with Crippen LogP contribution in [0, 0.1) is 0 Å². The molecule has 6 heteroatoms. The Morgan fingerprint density at radius 2 is 2.20 bits per heavy atom. The molecule has 15 heavy (non-hydrogen) atoms. The Bertz CT molecular complexity index is 350. The molecule has 3 nitrogen and oxygen atoms in total. The van der Waals surface area contributed by atoms with Gasteiger partial charge in [-0.05, 0) is 28.9 Å². The molecular formula is C9H10BrCl2NO2. The predicted octanol–water partition coefficient (Wildman–Crippen LogP) is 3.01. The highest BCUT2D eigenvalue weighted by atomic mass is 79.9. The number of rotatable bonds is 4. The van der Waals surface area contributed by atoms with Gasteiger partial charge in [0.25, 0.3) is 5.91 Å². The second-order valence-corrected chi connectivity index (χ2v) is 4.64. The van der Waals surface area contributed by atoms with Crippen molar-refractivity contribution in [2.45, 2.75) is 12.5 Å². The molecule has 1 amide bonds. The minimum absolute atomic E-state index is 0.248. The first-order valence-corrected chi connectivity index (χ1v) is 6.06. The topological polar surface area (TPSA) is 42.2 Å². The van der Waals surface area contributed by atoms with Crippen LogP contribution in [-0.4, -0.2) is 23.2 Å². The Balaban J connectivity index is 2.76. The number of alkyl halides is 2. The second kappa shape index (κ2) is 5.23. The van der Waals surface area contributed by atoms with Crippen LogP contribution in [-0.2, 0) is 0 Å². The van der Waals surface area contributed by atoms with E-state index in [-0.39, 0.29) is 17.7 Å². The van der Waals surface area contributed by atoms with Crippen molar-refractivity contribution in [3.05, 3.63) is 22.6 Å². The van der Waals surface area contributed by atoms with Crippen molar-refractivity contribution in [1.82, 2.24) is 5.32 Å². The predicted molar refractivity (Wildman–Crippen MR) is 63.7 cm³/mol. The van der Waals surface area contributed by atoms with Crippen molar-refractivity contribution in [1.29, 1.82) is 0 Å². The molecule has 0 bridgehead atoms. The van der Waals surface area contributed by atoms with Crippen LogP contribution in [0.2, 0.25) is 0 Å². The minimum Gasteiger partial charge on any atom is -0.457 e. The van der Waals surface area contributed by atoms with Gasteiger partial charge in [0.2, 0.25) is 0 Å². The summed E-state index contributed by atoms with van der Waals surface area (Å²) in [6.45, 7) is 1.78. The molecule has 0 radical (unpaired) electrons. The van der Waals surface area contributed by atoms with Crippen LogP contribution in [0.1, 0.15) is 17.3 Å². The number of furan rings is 1. The highest BCUT2D eigenvalue weighted by Gasteiger charge is 2.26. The molecule has 0 saturated carbocycles. The van der Waals surface area contributed by atoms with Crippen LogP contribution in [0.5, 0.6) is 0 Å². The van der Waals surface area contributed by atoms with Crippen molar-refractivity contribution in [2.24, 2.45) is 0 Å². The summed E-state index contributed by atoms with van der Waals surface area (Å²) in [5.74, 6) is 0.231. The fourth-order valence-corrected chi connectivity index (χ4v) is 1.74. The van der Waals surface area contributed by atoms with Crippen LogP contribution < -0.4 is 5.32 Å². The molecule has 1 aromatic rings. The molecule has 0 spiro atoms. The van der Waals surface area contributed by atoms with E-state index in [0.29, 0.717) is 10.2 Å². The lowest BCUT2D eigenvalue weighted by Crippen LogP contribution is -2.49. The molecule has 1 rings (SSSR count). The monoisotopic (exact) mass is 313 g/mol. The number of hydrogen-bond acceptors (Lipinski definition) is 2. The summed E-state index contributed by atoms with van der Waals surface area (Å²) in [5, 5.41) is 2.74. The van der Waals surface area contributed by atoms with Crippen molar-refractivity contribution in [3.8, 4) is 0 Å². The molecule has 0 aliphatic carbocycles. The smallest absolute Gasteiger partial charge is 0.256 e. The SMILES string of the molecule is CC(CCl)(CCl)NC(=O)c1ccoc1Br. The summed E-state index contributed by atoms with van der Waals surface area (Å²) >= 11 is 14.6. The van der Waals surface area contributed by atoms with Gasteiger partial charge in [-0.3, -0.25) is 4.79 Å². The maximum Gasteiger partial charge on any atom is 0.256 e. The Hall–Kier alpha value is -0.190. The highest BCUT2D eigenvalue weighted by molar-refractivity contribution is 9.10. The van der Waals surface area contributed by atoms with Crippen molar-refractivity contribution >= 4 is 45.0 Å². The normalized spacial score (nSPS) is 11.5. The number of carbonyl (C=O) groups excluding carboxylic acids is 1. The van der Waals surface area contributed by atoms with Gasteiger partial charge in [0.1, 0.15) is 0 Å². The van der Waals surface area contributed by atoms with E-state index in [0.717, 1.165) is 0 Å². The van der Waals surface area contributed by atoms with Gasteiger partial charge in [-0.15, -0.1) is 23.2 Å². The number of carbonyl (C=O) groups is 1. The van der Waals surface area contributed by atoms with Gasteiger partial charge in [-0.25, -0.2) is 0 Å². The van der Waals surface area contributed by atoms with Gasteiger partial charge in [0.15, 0.2) is 4.67 Å². The zero-order valence-electron chi connectivity index (χ0n) is 8.02. The molecule has 0 aliphatic heterocycles. The zero-order chi connectivity index (χ0) is 11.5. The molecule has 1 aromatic heterocycles. The first-order valence-electron chi connectivity index (χ1n) is 4.20. The lowest BCUT2D eigenvalue weighted by molar-refractivity contribution is 0.0919. The first kappa shape index (κ1) is 12.9. The zero-order valence-corrected chi connectivity index (χ0v) is 11.1. The largest absolute Gasteiger partial charge is 0.457 e. The van der Waals surface area contributed by atoms with Crippen LogP contribution in [0.25, 0.3) is 0 Å². The van der Waals surface area contributed by atoms with Gasteiger partial charge in [-0.2, -0.15) is 0 Å². The lowest BCUT2D eigenvalue weighted by atomic mass is 10.1. The number of nitrogens with one attached hydrogen (secondary N) is 1. The van der Waals surface area contributed by atoms with Crippen molar-refractivity contribution in [2.75, 3.05) is 11.8 Å². The number of halogens is 3. The summed E-state index contributed by atoms with van der Waals surface area (Å²) in [6, 6.07) is 1.57. The van der Waals surface area contributed by atoms with Crippen LogP contribution in [0.15, 0.2) is 21.4 Å². The molecule has 84 valence electrons. The third-order valence-corrected chi connectivity index (χ3v) is 3.66. The molecule has 1 heterocycles. The average Bonchev–Trinajstić information content (AvgIpc) is 2.64. The number of amides is 1. The minimum atomic E-state index is -0.614. The van der Waals surface area contributed by atoms with E-state index < -0.39 is 5.54 Å². The molecule has 0 unspecified atom stereocenters. The van der Waals surface area contributed by atoms with Crippen LogP contribution in [0.4, 0.5) is 0 Å². The maximum atomic E-state index is 11.7. The summed E-state index contributed by atoms with van der Waals surface area (Å²) in [7, 11) is 0. The van der Waals surface area contributed by atoms with E-state index in [1.165, 1.54) is 6.26 Å². The molecule has 0 aromatic carbocycles. The second-order valence-electron chi connectivity index (χ2n) is 3.39. The van der Waals surface area contributed by atoms with E-state index in [1.54, 1.807) is 13.0 Å². The highest BCUT2D eigenvalue weighted by Crippen LogP contribution is 2.19. The van der Waals surface area contributed by atoms with E-state index in [9.17, 15) is 4.79 Å². The quantitative estimate of drug-likeness (QED) is 0.868. The van der Waals surface area contributed by atoms with Gasteiger partial charge < -0.3 is 9.73 Å². The van der Waals surface area contributed by atoms with Gasteiger partial charge in [0, 0.05) is 11.8 Å². The van der Waals surface area contributed by atoms with Gasteiger partial charge in [0.05, 0.1) is 17.4 Å². The van der Waals surface area contributed by atoms with Gasteiger partial charge in [-0.1, -0.05) is 0 Å². The van der Waals surface area contributed by atoms with E-state index in [1.807, 2.05) is 0 Å². The summed E-state index contributed by atoms with van der Waals surface area (Å²) in [5.41, 5.74) is -0.187. The standard InChI is InChI=1S/C9H10BrCl2NO2/c1-9(4-11,5-12)13-8(14)6-2-3-15-7(6)10/h2-3H,4-5H2,1H3,(H,13,14). The van der Waals surface area contributed by atoms with E-state index in [4.69, 9.17) is 27.6 Å². The van der Waals surface area contributed by atoms with Crippen LogP contribution >= 0.6 is 39.1 Å². The third-order valence-electron chi connectivity index (χ3n) is 1.87. The fourth-order valence-electron chi connectivity index (χ4n) is 0.900. The van der Waals surface area contributed by atoms with Crippen molar-refractivity contribution < 1.29 is 9.21 Å². The van der Waals surface area contributed by atoms with Crippen molar-refractivity contribution in [3.63, 3.8) is 0 Å². The Kier molecular flexibility index (Phi) is 4.49. The molecule has 1 N–H and O–H groups in total. The Morgan fingerprint density at radius 3 is 2.60 bits per heavy atom. The molecule has 0 aliphatic rings. The summed E-state index contributed by atoms with van der Waals surface area (Å²) in [4.78, 5) is 11.7. The fraction of sp³-hybridized carbons (Fsp3) is 0.444. The van der Waals surface area contributed by atoms with Crippen LogP contribution in [0.3, 0.4) is 0 Å². The average molecular weight is 315 g/mol. The van der Waals surface area contributed by atoms with Gasteiger partial charge >= 0.3 is 0 Å². The summed E-state index contributed by atoms with van der Waals surface area (Å²) in [6.07, 6.45) is 1.43. The molecule has 0 atom stereocenters. The lowest BCUT2D eigenvalue weighted by Gasteiger charge is -2.25. The molecular weight excluding hydrogens is 305 g/mol. The number of hydrogen-bond donors (Lipinski definition) is 1. The van der Waals surface area contributed by atoms with E-state index >= 15 is 0 Å². The third kappa shape index (κ3) is 3.13. The maximum absolute atomic E-state index is 11.7. The molecule has 0 fully saturated rings. The summed E-state index contributed by atoms with van der Waals surface area (Å²) < 4.78 is 5.35. The Labute approximate surface area is 106 Å².